The summed E-state index contributed by atoms with van der Waals surface area (Å²) in [6.45, 7) is 0. The van der Waals surface area contributed by atoms with E-state index < -0.39 is 0 Å². The summed E-state index contributed by atoms with van der Waals surface area (Å²) in [7, 11) is 0. The van der Waals surface area contributed by atoms with E-state index in [1.807, 2.05) is 6.07 Å². The third kappa shape index (κ3) is 2.00. The van der Waals surface area contributed by atoms with Crippen molar-refractivity contribution >= 4 is 0 Å². The first-order valence-electron chi connectivity index (χ1n) is 5.27. The molecule has 0 amide bonds. The lowest BCUT2D eigenvalue weighted by atomic mass is 9.82. The molecule has 1 fully saturated rings. The number of nitrogens with zero attached hydrogens (tertiary/aromatic N) is 1. The molecule has 0 aliphatic heterocycles. The molecular formula is C12H15NO. The monoisotopic (exact) mass is 189 g/mol. The maximum absolute atomic E-state index is 10.4. The van der Waals surface area contributed by atoms with Crippen molar-refractivity contribution in [1.82, 2.24) is 0 Å². The summed E-state index contributed by atoms with van der Waals surface area (Å²) in [5.41, 5.74) is 1.41. The molecule has 1 aromatic rings. The Bertz CT molecular complexity index is 288. The van der Waals surface area contributed by atoms with Crippen LogP contribution in [0.25, 0.3) is 0 Å². The number of rotatable bonds is 2. The van der Waals surface area contributed by atoms with E-state index in [4.69, 9.17) is 0 Å². The van der Waals surface area contributed by atoms with Gasteiger partial charge >= 0.3 is 0 Å². The summed E-state index contributed by atoms with van der Waals surface area (Å²) >= 11 is 0. The van der Waals surface area contributed by atoms with Crippen molar-refractivity contribution in [2.45, 2.75) is 37.6 Å². The van der Waals surface area contributed by atoms with Gasteiger partial charge in [0.25, 0.3) is 0 Å². The normalized spacial score (nSPS) is 27.1. The largest absolute Gasteiger partial charge is 0.151 e. The van der Waals surface area contributed by atoms with Crippen LogP contribution in [0.5, 0.6) is 0 Å². The second-order valence-electron chi connectivity index (χ2n) is 4.02. The van der Waals surface area contributed by atoms with Gasteiger partial charge in [-0.2, -0.15) is 4.91 Å². The minimum Gasteiger partial charge on any atom is -0.151 e. The van der Waals surface area contributed by atoms with Crippen molar-refractivity contribution < 1.29 is 0 Å². The fourth-order valence-corrected chi connectivity index (χ4v) is 2.24. The predicted octanol–water partition coefficient (Wildman–Crippen LogP) is 3.48. The molecule has 0 radical (unpaired) electrons. The van der Waals surface area contributed by atoms with E-state index in [2.05, 4.69) is 29.4 Å². The average Bonchev–Trinajstić information content (AvgIpc) is 2.30. The molecule has 0 bridgehead atoms. The Labute approximate surface area is 84.3 Å². The average molecular weight is 189 g/mol. The second kappa shape index (κ2) is 4.36. The second-order valence-corrected chi connectivity index (χ2v) is 4.02. The highest BCUT2D eigenvalue weighted by atomic mass is 16.3. The molecule has 0 heterocycles. The zero-order valence-electron chi connectivity index (χ0n) is 8.23. The van der Waals surface area contributed by atoms with Gasteiger partial charge in [-0.05, 0) is 37.2 Å². The lowest BCUT2D eigenvalue weighted by Crippen LogP contribution is -2.15. The van der Waals surface area contributed by atoms with Crippen LogP contribution in [0.2, 0.25) is 0 Å². The summed E-state index contributed by atoms with van der Waals surface area (Å²) < 4.78 is 0. The van der Waals surface area contributed by atoms with Crippen molar-refractivity contribution in [3.63, 3.8) is 0 Å². The van der Waals surface area contributed by atoms with Gasteiger partial charge in [0.15, 0.2) is 0 Å². The van der Waals surface area contributed by atoms with Crippen LogP contribution in [0, 0.1) is 4.91 Å². The lowest BCUT2D eigenvalue weighted by Gasteiger charge is -2.24. The van der Waals surface area contributed by atoms with Crippen molar-refractivity contribution in [1.29, 1.82) is 0 Å². The van der Waals surface area contributed by atoms with Crippen LogP contribution in [-0.4, -0.2) is 6.04 Å². The Morgan fingerprint density at radius 2 is 1.64 bits per heavy atom. The van der Waals surface area contributed by atoms with E-state index in [0.717, 1.165) is 25.7 Å². The van der Waals surface area contributed by atoms with Gasteiger partial charge in [0.2, 0.25) is 0 Å². The fourth-order valence-electron chi connectivity index (χ4n) is 2.24. The van der Waals surface area contributed by atoms with Crippen molar-refractivity contribution in [2.75, 3.05) is 0 Å². The van der Waals surface area contributed by atoms with Gasteiger partial charge in [-0.15, -0.1) is 0 Å². The lowest BCUT2D eigenvalue weighted by molar-refractivity contribution is 0.395. The van der Waals surface area contributed by atoms with E-state index in [9.17, 15) is 4.91 Å². The Morgan fingerprint density at radius 1 is 1.00 bits per heavy atom. The third-order valence-corrected chi connectivity index (χ3v) is 3.12. The van der Waals surface area contributed by atoms with E-state index in [1.54, 1.807) is 0 Å². The van der Waals surface area contributed by atoms with Crippen LogP contribution in [-0.2, 0) is 0 Å². The van der Waals surface area contributed by atoms with Crippen molar-refractivity contribution in [3.05, 3.63) is 40.8 Å². The summed E-state index contributed by atoms with van der Waals surface area (Å²) in [4.78, 5) is 10.4. The van der Waals surface area contributed by atoms with Gasteiger partial charge in [-0.25, -0.2) is 0 Å². The van der Waals surface area contributed by atoms with E-state index in [-0.39, 0.29) is 6.04 Å². The van der Waals surface area contributed by atoms with Gasteiger partial charge in [0.05, 0.1) is 6.04 Å². The molecular weight excluding hydrogens is 174 g/mol. The van der Waals surface area contributed by atoms with Gasteiger partial charge in [0.1, 0.15) is 0 Å². The predicted molar refractivity (Wildman–Crippen MR) is 57.2 cm³/mol. The van der Waals surface area contributed by atoms with E-state index in [1.165, 1.54) is 5.56 Å². The first-order chi connectivity index (χ1) is 6.90. The SMILES string of the molecule is O=NC1CCC(c2ccccc2)CC1. The van der Waals surface area contributed by atoms with Crippen LogP contribution in [0.1, 0.15) is 37.2 Å². The van der Waals surface area contributed by atoms with Gasteiger partial charge in [-0.3, -0.25) is 0 Å². The molecule has 0 spiro atoms. The quantitative estimate of drug-likeness (QED) is 0.655. The van der Waals surface area contributed by atoms with Crippen molar-refractivity contribution in [2.24, 2.45) is 5.18 Å². The van der Waals surface area contributed by atoms with Crippen LogP contribution < -0.4 is 0 Å². The molecule has 1 saturated carbocycles. The van der Waals surface area contributed by atoms with Gasteiger partial charge < -0.3 is 0 Å². The van der Waals surface area contributed by atoms with E-state index in [0.29, 0.717) is 5.92 Å². The molecule has 14 heavy (non-hydrogen) atoms. The standard InChI is InChI=1S/C12H15NO/c14-13-12-8-6-11(7-9-12)10-4-2-1-3-5-10/h1-5,11-12H,6-9H2. The summed E-state index contributed by atoms with van der Waals surface area (Å²) in [6, 6.07) is 10.6. The summed E-state index contributed by atoms with van der Waals surface area (Å²) in [6.07, 6.45) is 4.15. The minimum atomic E-state index is 0.0787. The Morgan fingerprint density at radius 3 is 2.21 bits per heavy atom. The molecule has 74 valence electrons. The number of hydrogen-bond donors (Lipinski definition) is 0. The van der Waals surface area contributed by atoms with Gasteiger partial charge in [0, 0.05) is 0 Å². The molecule has 0 saturated heterocycles. The minimum absolute atomic E-state index is 0.0787. The van der Waals surface area contributed by atoms with Crippen LogP contribution >= 0.6 is 0 Å². The van der Waals surface area contributed by atoms with E-state index >= 15 is 0 Å². The Balaban J connectivity index is 1.99. The zero-order chi connectivity index (χ0) is 9.80. The van der Waals surface area contributed by atoms with Crippen LogP contribution in [0.4, 0.5) is 0 Å². The fraction of sp³-hybridized carbons (Fsp3) is 0.500. The molecule has 0 N–H and O–H groups in total. The topological polar surface area (TPSA) is 29.4 Å². The van der Waals surface area contributed by atoms with Crippen LogP contribution in [0.3, 0.4) is 0 Å². The van der Waals surface area contributed by atoms with Crippen molar-refractivity contribution in [3.8, 4) is 0 Å². The first kappa shape index (κ1) is 9.38. The molecule has 1 aliphatic carbocycles. The highest BCUT2D eigenvalue weighted by Gasteiger charge is 2.22. The highest BCUT2D eigenvalue weighted by Crippen LogP contribution is 2.33. The number of nitroso groups, excluding NO2 is 1. The molecule has 2 rings (SSSR count). The molecule has 0 atom stereocenters. The molecule has 1 aliphatic rings. The van der Waals surface area contributed by atoms with Crippen LogP contribution in [0.15, 0.2) is 35.5 Å². The summed E-state index contributed by atoms with van der Waals surface area (Å²) in [5.74, 6) is 0.647. The summed E-state index contributed by atoms with van der Waals surface area (Å²) in [5, 5.41) is 3.13. The number of benzene rings is 1. The molecule has 1 aromatic carbocycles. The maximum atomic E-state index is 10.4. The zero-order valence-corrected chi connectivity index (χ0v) is 8.23. The molecule has 2 heteroatoms. The maximum Gasteiger partial charge on any atom is 0.0920 e. The smallest absolute Gasteiger partial charge is 0.0920 e. The molecule has 0 aromatic heterocycles. The Kier molecular flexibility index (Phi) is 2.92. The third-order valence-electron chi connectivity index (χ3n) is 3.12. The molecule has 0 unspecified atom stereocenters. The van der Waals surface area contributed by atoms with Gasteiger partial charge in [-0.1, -0.05) is 35.5 Å². The number of hydrogen-bond acceptors (Lipinski definition) is 2. The first-order valence-corrected chi connectivity index (χ1v) is 5.27. The molecule has 2 nitrogen and oxygen atoms in total. The highest BCUT2D eigenvalue weighted by molar-refractivity contribution is 5.20. The Hall–Kier alpha value is -1.18.